The molecule has 1 saturated heterocycles. The number of likely N-dealkylation sites (N-methyl/N-ethyl adjacent to an activating group) is 1. The van der Waals surface area contributed by atoms with Gasteiger partial charge in [-0.25, -0.2) is 0 Å². The molecule has 5 aliphatic rings. The topological polar surface area (TPSA) is 62.2 Å². The first-order valence-electron chi connectivity index (χ1n) is 13.7. The molecule has 5 atom stereocenters. The first-order chi connectivity index (χ1) is 18.0. The molecule has 1 amide bonds. The fourth-order valence-electron chi connectivity index (χ4n) is 7.94. The number of amides is 1. The van der Waals surface area contributed by atoms with Gasteiger partial charge in [-0.15, -0.1) is 0 Å². The van der Waals surface area contributed by atoms with Gasteiger partial charge in [-0.2, -0.15) is 0 Å². The fraction of sp³-hybridized carbons (Fsp3) is 0.516. The van der Waals surface area contributed by atoms with E-state index in [1.807, 2.05) is 42.3 Å². The van der Waals surface area contributed by atoms with Crippen molar-refractivity contribution in [3.05, 3.63) is 53.1 Å². The molecule has 192 valence electrons. The minimum atomic E-state index is -0.218. The number of ether oxygens (including phenoxy) is 2. The summed E-state index contributed by atoms with van der Waals surface area (Å²) in [5.74, 6) is 8.67. The summed E-state index contributed by atoms with van der Waals surface area (Å²) in [6.07, 6.45) is 6.27. The number of hydrogen-bond donors (Lipinski definition) is 1. The Kier molecular flexibility index (Phi) is 5.23. The average molecular weight is 499 g/mol. The minimum absolute atomic E-state index is 0.0883. The van der Waals surface area contributed by atoms with Crippen LogP contribution >= 0.6 is 0 Å². The van der Waals surface area contributed by atoms with Crippen LogP contribution in [-0.2, 0) is 16.6 Å². The summed E-state index contributed by atoms with van der Waals surface area (Å²) >= 11 is 0. The predicted octanol–water partition coefficient (Wildman–Crippen LogP) is 3.73. The number of nitrogens with zero attached hydrogens (tertiary/aromatic N) is 2. The van der Waals surface area contributed by atoms with E-state index in [0.29, 0.717) is 23.5 Å². The summed E-state index contributed by atoms with van der Waals surface area (Å²) < 4.78 is 12.5. The molecular weight excluding hydrogens is 464 g/mol. The van der Waals surface area contributed by atoms with Crippen LogP contribution in [0.25, 0.3) is 0 Å². The monoisotopic (exact) mass is 498 g/mol. The van der Waals surface area contributed by atoms with Crippen LogP contribution in [-0.4, -0.2) is 66.2 Å². The van der Waals surface area contributed by atoms with Crippen LogP contribution in [0.4, 0.5) is 0 Å². The molecule has 2 aromatic carbocycles. The number of rotatable bonds is 4. The van der Waals surface area contributed by atoms with Gasteiger partial charge >= 0.3 is 0 Å². The van der Waals surface area contributed by atoms with Crippen LogP contribution in [0.3, 0.4) is 0 Å². The number of phenolic OH excluding ortho intramolecular Hbond substituents is 1. The maximum absolute atomic E-state index is 13.3. The van der Waals surface area contributed by atoms with Gasteiger partial charge in [0.05, 0.1) is 13.2 Å². The molecule has 1 N–H and O–H groups in total. The molecule has 2 bridgehead atoms. The average Bonchev–Trinajstić information content (AvgIpc) is 3.67. The summed E-state index contributed by atoms with van der Waals surface area (Å²) in [6, 6.07) is 11.7. The van der Waals surface area contributed by atoms with Crippen molar-refractivity contribution in [3.8, 4) is 29.1 Å². The Morgan fingerprint density at radius 2 is 2.05 bits per heavy atom. The molecule has 2 saturated carbocycles. The SMILES string of the molecule is COc1cc(O)c2c3c1O[C@H]1[C@H](N(C)C(=O)C#Cc4ccccc4)CC[C@H]4[C@@H](C2)N(CC2CC2)CC[C@@]341. The lowest BCUT2D eigenvalue weighted by atomic mass is 9.50. The molecular formula is C31H34N2O4. The van der Waals surface area contributed by atoms with Crippen molar-refractivity contribution in [1.29, 1.82) is 0 Å². The van der Waals surface area contributed by atoms with Gasteiger partial charge in [0, 0.05) is 53.7 Å². The third-order valence-electron chi connectivity index (χ3n) is 9.81. The maximum atomic E-state index is 13.3. The van der Waals surface area contributed by atoms with E-state index >= 15 is 0 Å². The molecule has 37 heavy (non-hydrogen) atoms. The molecule has 0 aromatic heterocycles. The molecule has 2 aliphatic heterocycles. The molecule has 3 fully saturated rings. The van der Waals surface area contributed by atoms with E-state index in [9.17, 15) is 9.90 Å². The molecule has 1 spiro atoms. The van der Waals surface area contributed by atoms with E-state index < -0.39 is 0 Å². The summed E-state index contributed by atoms with van der Waals surface area (Å²) in [7, 11) is 3.50. The highest BCUT2D eigenvalue weighted by atomic mass is 16.5. The van der Waals surface area contributed by atoms with Gasteiger partial charge in [0.15, 0.2) is 11.5 Å². The molecule has 0 radical (unpaired) electrons. The quantitative estimate of drug-likeness (QED) is 0.651. The molecule has 2 heterocycles. The van der Waals surface area contributed by atoms with E-state index in [1.165, 1.54) is 19.4 Å². The summed E-state index contributed by atoms with van der Waals surface area (Å²) in [5.41, 5.74) is 2.80. The zero-order chi connectivity index (χ0) is 25.3. The van der Waals surface area contributed by atoms with E-state index in [1.54, 1.807) is 13.2 Å². The van der Waals surface area contributed by atoms with Gasteiger partial charge in [-0.05, 0) is 69.0 Å². The van der Waals surface area contributed by atoms with Crippen molar-refractivity contribution >= 4 is 5.91 Å². The zero-order valence-electron chi connectivity index (χ0n) is 21.6. The van der Waals surface area contributed by atoms with Crippen molar-refractivity contribution in [3.63, 3.8) is 0 Å². The van der Waals surface area contributed by atoms with E-state index in [2.05, 4.69) is 16.7 Å². The molecule has 7 rings (SSSR count). The Morgan fingerprint density at radius 1 is 1.24 bits per heavy atom. The van der Waals surface area contributed by atoms with Crippen LogP contribution in [0, 0.1) is 23.7 Å². The van der Waals surface area contributed by atoms with Crippen molar-refractivity contribution in [1.82, 2.24) is 9.80 Å². The largest absolute Gasteiger partial charge is 0.508 e. The van der Waals surface area contributed by atoms with Crippen molar-refractivity contribution in [2.75, 3.05) is 27.2 Å². The standard InChI is InChI=1S/C31H34N2O4/c1-32(27(35)13-10-19-6-4-3-5-7-19)23-12-11-22-24-16-21-25(34)17-26(36-2)29-28(21)31(22,30(23)37-29)14-15-33(24)18-20-8-9-20/h3-7,17,20,22-24,30,34H,8-9,11-12,14-16,18H2,1-2H3/t22-,23+,24+,30-,31-/m0/s1. The molecule has 6 nitrogen and oxygen atoms in total. The van der Waals surface area contributed by atoms with E-state index in [-0.39, 0.29) is 23.5 Å². The summed E-state index contributed by atoms with van der Waals surface area (Å²) in [6.45, 7) is 2.20. The highest BCUT2D eigenvalue weighted by molar-refractivity contribution is 5.94. The second-order valence-corrected chi connectivity index (χ2v) is 11.6. The van der Waals surface area contributed by atoms with Crippen molar-refractivity contribution in [2.24, 2.45) is 11.8 Å². The third-order valence-corrected chi connectivity index (χ3v) is 9.81. The number of likely N-dealkylation sites (tertiary alicyclic amines) is 1. The van der Waals surface area contributed by atoms with Gasteiger partial charge in [0.1, 0.15) is 11.9 Å². The normalized spacial score (nSPS) is 31.0. The number of piperidine rings is 1. The number of phenols is 1. The zero-order valence-corrected chi connectivity index (χ0v) is 21.6. The van der Waals surface area contributed by atoms with Crippen LogP contribution in [0.1, 0.15) is 48.8 Å². The Bertz CT molecular complexity index is 1310. The molecule has 2 aromatic rings. The van der Waals surface area contributed by atoms with Crippen LogP contribution < -0.4 is 9.47 Å². The Hall–Kier alpha value is -3.17. The highest BCUT2D eigenvalue weighted by Gasteiger charge is 2.67. The maximum Gasteiger partial charge on any atom is 0.298 e. The highest BCUT2D eigenvalue weighted by Crippen LogP contribution is 2.65. The first kappa shape index (κ1) is 23.0. The summed E-state index contributed by atoms with van der Waals surface area (Å²) in [4.78, 5) is 17.8. The summed E-state index contributed by atoms with van der Waals surface area (Å²) in [5, 5.41) is 11.1. The van der Waals surface area contributed by atoms with Gasteiger partial charge < -0.3 is 19.5 Å². The van der Waals surface area contributed by atoms with Gasteiger partial charge in [-0.1, -0.05) is 24.1 Å². The number of benzene rings is 2. The Labute approximate surface area is 218 Å². The number of carbonyl (C=O) groups is 1. The van der Waals surface area contributed by atoms with E-state index in [0.717, 1.165) is 60.6 Å². The molecule has 3 aliphatic carbocycles. The first-order valence-corrected chi connectivity index (χ1v) is 13.7. The van der Waals surface area contributed by atoms with Crippen LogP contribution in [0.15, 0.2) is 36.4 Å². The number of carbonyl (C=O) groups excluding carboxylic acids is 1. The second kappa shape index (κ2) is 8.43. The third kappa shape index (κ3) is 3.40. The van der Waals surface area contributed by atoms with Crippen LogP contribution in [0.2, 0.25) is 0 Å². The van der Waals surface area contributed by atoms with Crippen molar-refractivity contribution < 1.29 is 19.4 Å². The predicted molar refractivity (Wildman–Crippen MR) is 140 cm³/mol. The number of aromatic hydroxyl groups is 1. The lowest BCUT2D eigenvalue weighted by molar-refractivity contribution is -0.134. The van der Waals surface area contributed by atoms with Crippen molar-refractivity contribution in [2.45, 2.75) is 62.1 Å². The van der Waals surface area contributed by atoms with Gasteiger partial charge in [0.2, 0.25) is 0 Å². The van der Waals surface area contributed by atoms with Crippen LogP contribution in [0.5, 0.6) is 17.2 Å². The second-order valence-electron chi connectivity index (χ2n) is 11.6. The van der Waals surface area contributed by atoms with E-state index in [4.69, 9.17) is 9.47 Å². The molecule has 0 unspecified atom stereocenters. The lowest BCUT2D eigenvalue weighted by Gasteiger charge is -2.60. The molecule has 6 heteroatoms. The Morgan fingerprint density at radius 3 is 2.81 bits per heavy atom. The fourth-order valence-corrected chi connectivity index (χ4v) is 7.94. The lowest BCUT2D eigenvalue weighted by Crippen LogP contribution is -2.69. The Balaban J connectivity index is 1.27. The van der Waals surface area contributed by atoms with Gasteiger partial charge in [0.25, 0.3) is 5.91 Å². The number of methoxy groups -OCH3 is 1. The number of hydrogen-bond acceptors (Lipinski definition) is 5. The van der Waals surface area contributed by atoms with Gasteiger partial charge in [-0.3, -0.25) is 9.69 Å². The smallest absolute Gasteiger partial charge is 0.298 e. The minimum Gasteiger partial charge on any atom is -0.508 e.